The van der Waals surface area contributed by atoms with Crippen molar-refractivity contribution in [1.29, 1.82) is 0 Å². The monoisotopic (exact) mass is 424 g/mol. The van der Waals surface area contributed by atoms with Crippen LogP contribution in [-0.2, 0) is 0 Å². The van der Waals surface area contributed by atoms with Crippen molar-refractivity contribution in [2.75, 3.05) is 17.2 Å². The number of benzene rings is 1. The van der Waals surface area contributed by atoms with Gasteiger partial charge in [0.05, 0.1) is 10.7 Å². The Labute approximate surface area is 174 Å². The number of hydrogen-bond acceptors (Lipinski definition) is 4. The van der Waals surface area contributed by atoms with Crippen molar-refractivity contribution in [3.05, 3.63) is 45.7 Å². The van der Waals surface area contributed by atoms with Crippen LogP contribution in [0.25, 0.3) is 0 Å². The molecule has 0 unspecified atom stereocenters. The molecular formula is C18H22Cl2N6S. The number of nitrogens with zero attached hydrogens (tertiary/aromatic N) is 3. The van der Waals surface area contributed by atoms with Gasteiger partial charge in [-0.2, -0.15) is 0 Å². The highest BCUT2D eigenvalue weighted by Crippen LogP contribution is 2.25. The van der Waals surface area contributed by atoms with Crippen LogP contribution in [0, 0.1) is 19.8 Å². The van der Waals surface area contributed by atoms with Crippen LogP contribution in [0.15, 0.2) is 29.3 Å². The quantitative estimate of drug-likeness (QED) is 0.371. The summed E-state index contributed by atoms with van der Waals surface area (Å²) in [6, 6.07) is 7.03. The SMILES string of the molecule is Cc1cc(C)nc(NC(=NCC(C)C)NC(=S)Nc2ccc(Cl)cc2Cl)n1. The van der Waals surface area contributed by atoms with E-state index < -0.39 is 0 Å². The number of aromatic nitrogens is 2. The Bertz CT molecular complexity index is 833. The molecule has 0 saturated heterocycles. The highest BCUT2D eigenvalue weighted by molar-refractivity contribution is 7.80. The zero-order valence-electron chi connectivity index (χ0n) is 15.6. The van der Waals surface area contributed by atoms with E-state index in [2.05, 4.69) is 44.8 Å². The summed E-state index contributed by atoms with van der Waals surface area (Å²) < 4.78 is 0. The number of halogens is 2. The van der Waals surface area contributed by atoms with E-state index in [0.717, 1.165) is 11.4 Å². The molecule has 1 heterocycles. The zero-order valence-corrected chi connectivity index (χ0v) is 17.9. The molecule has 1 aromatic heterocycles. The van der Waals surface area contributed by atoms with Crippen molar-refractivity contribution >= 4 is 58.1 Å². The Hall–Kier alpha value is -1.96. The fourth-order valence-corrected chi connectivity index (χ4v) is 2.79. The summed E-state index contributed by atoms with van der Waals surface area (Å²) >= 11 is 17.5. The first kappa shape index (κ1) is 21.3. The predicted octanol–water partition coefficient (Wildman–Crippen LogP) is 4.81. The third kappa shape index (κ3) is 7.28. The Morgan fingerprint density at radius 2 is 1.78 bits per heavy atom. The van der Waals surface area contributed by atoms with E-state index in [1.807, 2.05) is 19.9 Å². The van der Waals surface area contributed by atoms with E-state index in [1.165, 1.54) is 0 Å². The summed E-state index contributed by atoms with van der Waals surface area (Å²) in [7, 11) is 0. The fourth-order valence-electron chi connectivity index (χ4n) is 2.12. The summed E-state index contributed by atoms with van der Waals surface area (Å²) in [5.41, 5.74) is 2.37. The minimum atomic E-state index is 0.332. The summed E-state index contributed by atoms with van der Waals surface area (Å²) in [6.07, 6.45) is 0. The maximum Gasteiger partial charge on any atom is 0.229 e. The van der Waals surface area contributed by atoms with E-state index in [-0.39, 0.29) is 0 Å². The van der Waals surface area contributed by atoms with Gasteiger partial charge in [0.1, 0.15) is 0 Å². The van der Waals surface area contributed by atoms with Crippen LogP contribution in [0.3, 0.4) is 0 Å². The lowest BCUT2D eigenvalue weighted by molar-refractivity contribution is 0.664. The summed E-state index contributed by atoms with van der Waals surface area (Å²) in [5, 5.41) is 10.5. The van der Waals surface area contributed by atoms with Gasteiger partial charge in [-0.05, 0) is 56.2 Å². The lowest BCUT2D eigenvalue weighted by Crippen LogP contribution is -2.39. The van der Waals surface area contributed by atoms with Crippen molar-refractivity contribution in [2.45, 2.75) is 27.7 Å². The molecule has 0 radical (unpaired) electrons. The Kier molecular flexibility index (Phi) is 7.77. The van der Waals surface area contributed by atoms with Crippen LogP contribution in [0.5, 0.6) is 0 Å². The highest BCUT2D eigenvalue weighted by atomic mass is 35.5. The molecule has 27 heavy (non-hydrogen) atoms. The number of nitrogens with one attached hydrogen (secondary N) is 3. The molecule has 0 fully saturated rings. The van der Waals surface area contributed by atoms with Crippen molar-refractivity contribution < 1.29 is 0 Å². The largest absolute Gasteiger partial charge is 0.331 e. The summed E-state index contributed by atoms with van der Waals surface area (Å²) in [5.74, 6) is 1.29. The second-order valence-corrected chi connectivity index (χ2v) is 7.64. The predicted molar refractivity (Wildman–Crippen MR) is 118 cm³/mol. The molecule has 0 bridgehead atoms. The molecule has 6 nitrogen and oxygen atoms in total. The molecule has 2 rings (SSSR count). The van der Waals surface area contributed by atoms with Crippen LogP contribution in [-0.4, -0.2) is 27.6 Å². The van der Waals surface area contributed by atoms with Gasteiger partial charge >= 0.3 is 0 Å². The molecule has 0 saturated carbocycles. The van der Waals surface area contributed by atoms with E-state index in [9.17, 15) is 0 Å². The lowest BCUT2D eigenvalue weighted by atomic mass is 10.2. The molecular weight excluding hydrogens is 403 g/mol. The Morgan fingerprint density at radius 3 is 2.37 bits per heavy atom. The van der Waals surface area contributed by atoms with Crippen LogP contribution in [0.2, 0.25) is 10.0 Å². The second-order valence-electron chi connectivity index (χ2n) is 6.39. The van der Waals surface area contributed by atoms with Gasteiger partial charge in [-0.1, -0.05) is 37.0 Å². The van der Waals surface area contributed by atoms with Gasteiger partial charge in [0.2, 0.25) is 11.9 Å². The van der Waals surface area contributed by atoms with E-state index in [1.54, 1.807) is 18.2 Å². The molecule has 0 aliphatic heterocycles. The van der Waals surface area contributed by atoms with E-state index in [0.29, 0.717) is 45.2 Å². The smallest absolute Gasteiger partial charge is 0.229 e. The fraction of sp³-hybridized carbons (Fsp3) is 0.333. The molecule has 2 aromatic rings. The zero-order chi connectivity index (χ0) is 20.0. The minimum absolute atomic E-state index is 0.332. The van der Waals surface area contributed by atoms with E-state index in [4.69, 9.17) is 35.4 Å². The summed E-state index contributed by atoms with van der Waals surface area (Å²) in [6.45, 7) is 8.60. The van der Waals surface area contributed by atoms with Crippen LogP contribution >= 0.6 is 35.4 Å². The molecule has 1 aromatic carbocycles. The second kappa shape index (κ2) is 9.82. The minimum Gasteiger partial charge on any atom is -0.331 e. The van der Waals surface area contributed by atoms with Gasteiger partial charge in [0, 0.05) is 23.0 Å². The number of guanidine groups is 1. The molecule has 3 N–H and O–H groups in total. The number of anilines is 2. The maximum absolute atomic E-state index is 6.18. The molecule has 0 spiro atoms. The first-order valence-corrected chi connectivity index (χ1v) is 9.56. The van der Waals surface area contributed by atoms with Gasteiger partial charge < -0.3 is 10.6 Å². The van der Waals surface area contributed by atoms with Gasteiger partial charge in [-0.3, -0.25) is 10.3 Å². The molecule has 9 heteroatoms. The standard InChI is InChI=1S/C18H22Cl2N6S/c1-10(2)9-21-16(25-17-22-11(3)7-12(4)23-17)26-18(27)24-15-6-5-13(19)8-14(15)20/h5-8,10H,9H2,1-4H3,(H3,21,22,23,24,25,26,27). The molecule has 144 valence electrons. The number of aryl methyl sites for hydroxylation is 2. The lowest BCUT2D eigenvalue weighted by Gasteiger charge is -2.15. The molecule has 0 atom stereocenters. The van der Waals surface area contributed by atoms with Crippen LogP contribution in [0.4, 0.5) is 11.6 Å². The molecule has 0 aliphatic rings. The number of thiocarbonyl (C=S) groups is 1. The first-order valence-electron chi connectivity index (χ1n) is 8.39. The highest BCUT2D eigenvalue weighted by Gasteiger charge is 2.09. The van der Waals surface area contributed by atoms with Crippen molar-refractivity contribution in [3.8, 4) is 0 Å². The average molecular weight is 425 g/mol. The summed E-state index contributed by atoms with van der Waals surface area (Å²) in [4.78, 5) is 13.3. The van der Waals surface area contributed by atoms with E-state index >= 15 is 0 Å². The van der Waals surface area contributed by atoms with Gasteiger partial charge in [0.15, 0.2) is 5.11 Å². The topological polar surface area (TPSA) is 74.2 Å². The number of rotatable bonds is 4. The number of hydrogen-bond donors (Lipinski definition) is 3. The van der Waals surface area contributed by atoms with Gasteiger partial charge in [0.25, 0.3) is 0 Å². The average Bonchev–Trinajstić information content (AvgIpc) is 2.54. The molecule has 0 aliphatic carbocycles. The third-order valence-electron chi connectivity index (χ3n) is 3.24. The van der Waals surface area contributed by atoms with Gasteiger partial charge in [-0.15, -0.1) is 0 Å². The maximum atomic E-state index is 6.18. The van der Waals surface area contributed by atoms with Crippen LogP contribution < -0.4 is 16.0 Å². The van der Waals surface area contributed by atoms with Crippen molar-refractivity contribution in [1.82, 2.24) is 15.3 Å². The third-order valence-corrected chi connectivity index (χ3v) is 3.99. The van der Waals surface area contributed by atoms with Crippen molar-refractivity contribution in [3.63, 3.8) is 0 Å². The molecule has 0 amide bonds. The van der Waals surface area contributed by atoms with Gasteiger partial charge in [-0.25, -0.2) is 9.97 Å². The van der Waals surface area contributed by atoms with Crippen LogP contribution in [0.1, 0.15) is 25.2 Å². The first-order chi connectivity index (χ1) is 12.7. The normalized spacial score (nSPS) is 11.4. The Morgan fingerprint density at radius 1 is 1.11 bits per heavy atom. The Balaban J connectivity index is 2.13. The van der Waals surface area contributed by atoms with Crippen molar-refractivity contribution in [2.24, 2.45) is 10.9 Å². The number of aliphatic imine (C=N–C) groups is 1.